The van der Waals surface area contributed by atoms with Crippen molar-refractivity contribution >= 4 is 11.8 Å². The lowest BCUT2D eigenvalue weighted by Gasteiger charge is -2.43. The first-order valence-electron chi connectivity index (χ1n) is 13.7. The van der Waals surface area contributed by atoms with Crippen molar-refractivity contribution in [3.8, 4) is 22.8 Å². The molecule has 230 valence electrons. The van der Waals surface area contributed by atoms with E-state index >= 15 is 0 Å². The number of aliphatic hydroxyl groups excluding tert-OH is 6. The summed E-state index contributed by atoms with van der Waals surface area (Å²) < 4.78 is 8.44. The number of rotatable bonds is 11. The van der Waals surface area contributed by atoms with Crippen molar-refractivity contribution in [2.75, 3.05) is 6.61 Å². The number of thioether (sulfide) groups is 1. The molecule has 0 bridgehead atoms. The van der Waals surface area contributed by atoms with E-state index < -0.39 is 66.0 Å². The molecular formula is C27H34N8O7S. The van der Waals surface area contributed by atoms with E-state index in [2.05, 4.69) is 30.6 Å². The number of aromatic nitrogens is 8. The second-order valence-corrected chi connectivity index (χ2v) is 11.8. The molecule has 1 fully saturated rings. The SMILES string of the molecule is CC(S[C@@H]1OC(CO)[C@H](O)C(n2cc(-c3ccccn3)nn2)[C@@H]1O)[C@H](O)C(C(O)[C@H](C)O)n1cc(-c2ccccn2)nn1. The van der Waals surface area contributed by atoms with E-state index in [0.717, 1.165) is 11.8 Å². The van der Waals surface area contributed by atoms with Crippen LogP contribution in [0, 0.1) is 0 Å². The molecule has 10 atom stereocenters. The van der Waals surface area contributed by atoms with Crippen molar-refractivity contribution in [2.24, 2.45) is 0 Å². The summed E-state index contributed by atoms with van der Waals surface area (Å²) in [4.78, 5) is 8.49. The van der Waals surface area contributed by atoms with E-state index in [4.69, 9.17) is 4.74 Å². The van der Waals surface area contributed by atoms with Crippen LogP contribution in [-0.2, 0) is 4.74 Å². The van der Waals surface area contributed by atoms with Gasteiger partial charge in [0.2, 0.25) is 0 Å². The lowest BCUT2D eigenvalue weighted by atomic mass is 9.97. The van der Waals surface area contributed by atoms with E-state index in [0.29, 0.717) is 22.8 Å². The van der Waals surface area contributed by atoms with E-state index in [1.807, 2.05) is 0 Å². The highest BCUT2D eigenvalue weighted by atomic mass is 32.2. The van der Waals surface area contributed by atoms with Gasteiger partial charge in [-0.3, -0.25) is 9.97 Å². The molecular weight excluding hydrogens is 580 g/mol. The quantitative estimate of drug-likeness (QED) is 0.125. The highest BCUT2D eigenvalue weighted by Crippen LogP contribution is 2.39. The van der Waals surface area contributed by atoms with E-state index in [9.17, 15) is 30.6 Å². The summed E-state index contributed by atoms with van der Waals surface area (Å²) in [5, 5.41) is 80.6. The van der Waals surface area contributed by atoms with Gasteiger partial charge < -0.3 is 35.4 Å². The lowest BCUT2D eigenvalue weighted by Crippen LogP contribution is -2.55. The van der Waals surface area contributed by atoms with Crippen LogP contribution in [0.3, 0.4) is 0 Å². The molecule has 5 rings (SSSR count). The van der Waals surface area contributed by atoms with Crippen LogP contribution in [0.4, 0.5) is 0 Å². The number of nitrogens with zero attached hydrogens (tertiary/aromatic N) is 8. The first-order chi connectivity index (χ1) is 20.7. The lowest BCUT2D eigenvalue weighted by molar-refractivity contribution is -0.178. The molecule has 1 aliphatic heterocycles. The van der Waals surface area contributed by atoms with E-state index in [1.165, 1.54) is 28.7 Å². The zero-order chi connectivity index (χ0) is 30.7. The summed E-state index contributed by atoms with van der Waals surface area (Å²) in [6, 6.07) is 8.39. The third-order valence-corrected chi connectivity index (χ3v) is 8.72. The summed E-state index contributed by atoms with van der Waals surface area (Å²) >= 11 is 1.03. The fourth-order valence-corrected chi connectivity index (χ4v) is 6.24. The van der Waals surface area contributed by atoms with Gasteiger partial charge in [0.1, 0.15) is 53.3 Å². The second-order valence-electron chi connectivity index (χ2n) is 10.3. The van der Waals surface area contributed by atoms with Gasteiger partial charge in [0.05, 0.1) is 42.6 Å². The molecule has 1 aliphatic rings. The highest BCUT2D eigenvalue weighted by Gasteiger charge is 2.48. The topological polar surface area (TPSA) is 218 Å². The predicted molar refractivity (Wildman–Crippen MR) is 153 cm³/mol. The molecule has 6 N–H and O–H groups in total. The Morgan fingerprint density at radius 2 is 1.47 bits per heavy atom. The van der Waals surface area contributed by atoms with Crippen LogP contribution < -0.4 is 0 Å². The number of aliphatic hydroxyl groups is 6. The van der Waals surface area contributed by atoms with Crippen LogP contribution >= 0.6 is 11.8 Å². The summed E-state index contributed by atoms with van der Waals surface area (Å²) in [6.45, 7) is 2.51. The fraction of sp³-hybridized carbons (Fsp3) is 0.481. The van der Waals surface area contributed by atoms with Crippen LogP contribution in [0.1, 0.15) is 25.9 Å². The molecule has 0 amide bonds. The maximum atomic E-state index is 11.5. The van der Waals surface area contributed by atoms with Gasteiger partial charge in [-0.05, 0) is 31.2 Å². The Balaban J connectivity index is 1.37. The zero-order valence-electron chi connectivity index (χ0n) is 23.3. The minimum atomic E-state index is -1.44. The van der Waals surface area contributed by atoms with Gasteiger partial charge in [0, 0.05) is 17.6 Å². The van der Waals surface area contributed by atoms with Crippen LogP contribution in [0.2, 0.25) is 0 Å². The van der Waals surface area contributed by atoms with Crippen molar-refractivity contribution in [2.45, 2.75) is 73.2 Å². The number of hydrogen-bond acceptors (Lipinski definition) is 14. The smallest absolute Gasteiger partial charge is 0.132 e. The molecule has 0 aliphatic carbocycles. The molecule has 1 saturated heterocycles. The average molecular weight is 615 g/mol. The van der Waals surface area contributed by atoms with Gasteiger partial charge in [0.25, 0.3) is 0 Å². The number of hydrogen-bond donors (Lipinski definition) is 6. The van der Waals surface area contributed by atoms with Gasteiger partial charge in [-0.1, -0.05) is 29.5 Å². The number of ether oxygens (including phenoxy) is 1. The third kappa shape index (κ3) is 6.61. The predicted octanol–water partition coefficient (Wildman–Crippen LogP) is -0.561. The van der Waals surface area contributed by atoms with Crippen molar-refractivity contribution in [3.05, 3.63) is 61.2 Å². The van der Waals surface area contributed by atoms with Gasteiger partial charge in [-0.25, -0.2) is 9.36 Å². The Hall–Kier alpha value is -3.35. The summed E-state index contributed by atoms with van der Waals surface area (Å²) in [5.41, 5.74) is 0.874. The van der Waals surface area contributed by atoms with Crippen LogP contribution in [-0.4, -0.2) is 125 Å². The summed E-state index contributed by atoms with van der Waals surface area (Å²) in [6.07, 6.45) is -1.49. The molecule has 16 heteroatoms. The molecule has 0 radical (unpaired) electrons. The molecule has 0 aromatic carbocycles. The van der Waals surface area contributed by atoms with Gasteiger partial charge in [0.15, 0.2) is 0 Å². The largest absolute Gasteiger partial charge is 0.394 e. The summed E-state index contributed by atoms with van der Waals surface area (Å²) in [5.74, 6) is 0. The first kappa shape index (κ1) is 31.1. The van der Waals surface area contributed by atoms with Crippen molar-refractivity contribution in [1.82, 2.24) is 40.0 Å². The Bertz CT molecular complexity index is 1450. The standard InChI is InChI=1S/C27H34N8O7S/c1-14(37)23(38)21(34-11-18(30-32-34)16-7-3-5-9-28-16)24(39)15(2)43-27-26(41)22(25(40)20(13-36)42-27)35-12-19(31-33-35)17-8-4-6-10-29-17/h3-12,14-15,20-27,36-41H,13H2,1-2H3/t14-,15?,20?,21?,22?,23?,24-,25-,26-,27-/m0/s1. The molecule has 4 aromatic rings. The molecule has 15 nitrogen and oxygen atoms in total. The minimum absolute atomic E-state index is 0.405. The monoisotopic (exact) mass is 614 g/mol. The molecule has 5 heterocycles. The van der Waals surface area contributed by atoms with Gasteiger partial charge in [-0.2, -0.15) is 0 Å². The Labute approximate surface area is 250 Å². The van der Waals surface area contributed by atoms with Crippen LogP contribution in [0.5, 0.6) is 0 Å². The molecule has 0 spiro atoms. The zero-order valence-corrected chi connectivity index (χ0v) is 24.1. The van der Waals surface area contributed by atoms with Crippen molar-refractivity contribution in [3.63, 3.8) is 0 Å². The van der Waals surface area contributed by atoms with E-state index in [-0.39, 0.29) is 0 Å². The van der Waals surface area contributed by atoms with Gasteiger partial charge in [-0.15, -0.1) is 22.0 Å². The Morgan fingerprint density at radius 1 is 0.837 bits per heavy atom. The minimum Gasteiger partial charge on any atom is -0.394 e. The highest BCUT2D eigenvalue weighted by molar-refractivity contribution is 8.00. The maximum Gasteiger partial charge on any atom is 0.132 e. The molecule has 0 saturated carbocycles. The molecule has 4 aromatic heterocycles. The number of pyridine rings is 2. The third-order valence-electron chi connectivity index (χ3n) is 7.36. The van der Waals surface area contributed by atoms with Crippen LogP contribution in [0.15, 0.2) is 61.2 Å². The van der Waals surface area contributed by atoms with Gasteiger partial charge >= 0.3 is 0 Å². The van der Waals surface area contributed by atoms with E-state index in [1.54, 1.807) is 55.7 Å². The average Bonchev–Trinajstić information content (AvgIpc) is 3.70. The summed E-state index contributed by atoms with van der Waals surface area (Å²) in [7, 11) is 0. The Kier molecular flexibility index (Phi) is 9.78. The molecule has 43 heavy (non-hydrogen) atoms. The van der Waals surface area contributed by atoms with Crippen LogP contribution in [0.25, 0.3) is 22.8 Å². The van der Waals surface area contributed by atoms with Crippen molar-refractivity contribution < 1.29 is 35.4 Å². The first-order valence-corrected chi connectivity index (χ1v) is 14.6. The maximum absolute atomic E-state index is 11.5. The normalized spacial score (nSPS) is 26.0. The Morgan fingerprint density at radius 3 is 2.05 bits per heavy atom. The van der Waals surface area contributed by atoms with Crippen molar-refractivity contribution in [1.29, 1.82) is 0 Å². The second kappa shape index (κ2) is 13.5. The molecule has 5 unspecified atom stereocenters. The fourth-order valence-electron chi connectivity index (χ4n) is 4.97.